The lowest BCUT2D eigenvalue weighted by Crippen LogP contribution is -1.92. The molecule has 0 saturated carbocycles. The van der Waals surface area contributed by atoms with Crippen LogP contribution in [0.2, 0.25) is 0 Å². The van der Waals surface area contributed by atoms with Gasteiger partial charge in [0.05, 0.1) is 22.1 Å². The van der Waals surface area contributed by atoms with Crippen LogP contribution in [0.4, 0.5) is 0 Å². The summed E-state index contributed by atoms with van der Waals surface area (Å²) in [6, 6.07) is 29.2. The Balaban J connectivity index is 1.76. The van der Waals surface area contributed by atoms with E-state index in [0.717, 1.165) is 38.8 Å². The monoisotopic (exact) mass is 360 g/mol. The molecule has 0 N–H and O–H groups in total. The minimum atomic E-state index is 0.907. The third-order valence-corrected chi connectivity index (χ3v) is 5.33. The van der Waals surface area contributed by atoms with Crippen molar-refractivity contribution in [3.63, 3.8) is 0 Å². The highest BCUT2D eigenvalue weighted by Gasteiger charge is 2.18. The second kappa shape index (κ2) is 5.83. The molecule has 0 unspecified atom stereocenters. The van der Waals surface area contributed by atoms with Gasteiger partial charge in [-0.15, -0.1) is 0 Å². The average molecular weight is 360 g/mol. The number of aromatic nitrogens is 2. The molecule has 3 nitrogen and oxygen atoms in total. The molecule has 0 fully saturated rings. The summed E-state index contributed by atoms with van der Waals surface area (Å²) in [4.78, 5) is 4.50. The van der Waals surface area contributed by atoms with Gasteiger partial charge in [-0.2, -0.15) is 0 Å². The Morgan fingerprint density at radius 2 is 1.50 bits per heavy atom. The van der Waals surface area contributed by atoms with E-state index < -0.39 is 0 Å². The van der Waals surface area contributed by atoms with Crippen LogP contribution in [0.3, 0.4) is 0 Å². The third-order valence-electron chi connectivity index (χ3n) is 5.33. The van der Waals surface area contributed by atoms with Crippen molar-refractivity contribution in [3.05, 3.63) is 97.4 Å². The molecule has 3 heteroatoms. The van der Waals surface area contributed by atoms with Crippen LogP contribution in [0.25, 0.3) is 49.7 Å². The number of fused-ring (bicyclic) bond motifs is 5. The summed E-state index contributed by atoms with van der Waals surface area (Å²) >= 11 is 0. The number of para-hydroxylation sites is 2. The van der Waals surface area contributed by atoms with Gasteiger partial charge in [0.25, 0.3) is 0 Å². The SMILES string of the molecule is c1ccc(-n2c3ccccc3c3c4occ(-c5ccccn5)c4ccc32)cc1. The van der Waals surface area contributed by atoms with E-state index in [-0.39, 0.29) is 0 Å². The first-order valence-corrected chi connectivity index (χ1v) is 9.32. The first kappa shape index (κ1) is 15.2. The molecule has 3 aromatic carbocycles. The first-order chi connectivity index (χ1) is 13.9. The van der Waals surface area contributed by atoms with Crippen molar-refractivity contribution in [2.75, 3.05) is 0 Å². The molecular weight excluding hydrogens is 344 g/mol. The van der Waals surface area contributed by atoms with E-state index in [2.05, 4.69) is 70.2 Å². The average Bonchev–Trinajstić information content (AvgIpc) is 3.34. The van der Waals surface area contributed by atoms with E-state index in [1.807, 2.05) is 36.7 Å². The molecule has 6 aromatic rings. The Bertz CT molecular complexity index is 1440. The number of hydrogen-bond donors (Lipinski definition) is 0. The molecular formula is C25H16N2O. The standard InChI is InChI=1S/C25H16N2O/c1-2-8-17(9-3-1)27-22-12-5-4-10-19(22)24-23(27)14-13-18-20(16-28-25(18)24)21-11-6-7-15-26-21/h1-16H. The first-order valence-electron chi connectivity index (χ1n) is 9.32. The van der Waals surface area contributed by atoms with E-state index in [0.29, 0.717) is 0 Å². The van der Waals surface area contributed by atoms with E-state index in [4.69, 9.17) is 4.42 Å². The number of hydrogen-bond acceptors (Lipinski definition) is 2. The van der Waals surface area contributed by atoms with Crippen molar-refractivity contribution < 1.29 is 4.42 Å². The van der Waals surface area contributed by atoms with Crippen molar-refractivity contribution in [2.45, 2.75) is 0 Å². The molecule has 0 aliphatic heterocycles. The number of furan rings is 1. The number of benzene rings is 3. The second-order valence-electron chi connectivity index (χ2n) is 6.89. The number of pyridine rings is 1. The van der Waals surface area contributed by atoms with Gasteiger partial charge in [0, 0.05) is 28.2 Å². The summed E-state index contributed by atoms with van der Waals surface area (Å²) in [5.41, 5.74) is 6.31. The summed E-state index contributed by atoms with van der Waals surface area (Å²) in [6.07, 6.45) is 3.63. The van der Waals surface area contributed by atoms with Crippen LogP contribution < -0.4 is 0 Å². The number of nitrogens with zero attached hydrogens (tertiary/aromatic N) is 2. The van der Waals surface area contributed by atoms with Gasteiger partial charge in [0.1, 0.15) is 11.8 Å². The van der Waals surface area contributed by atoms with Crippen molar-refractivity contribution in [2.24, 2.45) is 0 Å². The predicted octanol–water partition coefficient (Wildman–Crippen LogP) is 6.59. The molecule has 0 aliphatic rings. The molecule has 3 aromatic heterocycles. The predicted molar refractivity (Wildman–Crippen MR) is 114 cm³/mol. The van der Waals surface area contributed by atoms with Crippen LogP contribution in [0, 0.1) is 0 Å². The summed E-state index contributed by atoms with van der Waals surface area (Å²) in [6.45, 7) is 0. The maximum atomic E-state index is 6.12. The Labute approximate surface area is 161 Å². The highest BCUT2D eigenvalue weighted by molar-refractivity contribution is 6.21. The van der Waals surface area contributed by atoms with Gasteiger partial charge in [0.2, 0.25) is 0 Å². The molecule has 0 radical (unpaired) electrons. The second-order valence-corrected chi connectivity index (χ2v) is 6.89. The quantitative estimate of drug-likeness (QED) is 0.349. The zero-order valence-corrected chi connectivity index (χ0v) is 15.0. The summed E-state index contributed by atoms with van der Waals surface area (Å²) in [7, 11) is 0. The Hall–Kier alpha value is -3.85. The highest BCUT2D eigenvalue weighted by Crippen LogP contribution is 2.40. The van der Waals surface area contributed by atoms with Crippen molar-refractivity contribution in [1.82, 2.24) is 9.55 Å². The molecule has 6 rings (SSSR count). The molecule has 0 bridgehead atoms. The Morgan fingerprint density at radius 3 is 2.36 bits per heavy atom. The van der Waals surface area contributed by atoms with Gasteiger partial charge in [0.15, 0.2) is 0 Å². The lowest BCUT2D eigenvalue weighted by Gasteiger charge is -2.07. The summed E-state index contributed by atoms with van der Waals surface area (Å²) < 4.78 is 8.42. The van der Waals surface area contributed by atoms with Crippen LogP contribution in [0.1, 0.15) is 0 Å². The minimum absolute atomic E-state index is 0.907. The zero-order valence-electron chi connectivity index (χ0n) is 15.0. The molecule has 132 valence electrons. The molecule has 0 aliphatic carbocycles. The molecule has 0 atom stereocenters. The smallest absolute Gasteiger partial charge is 0.144 e. The lowest BCUT2D eigenvalue weighted by molar-refractivity contribution is 0.620. The largest absolute Gasteiger partial charge is 0.463 e. The van der Waals surface area contributed by atoms with E-state index in [1.165, 1.54) is 10.9 Å². The molecule has 0 spiro atoms. The fraction of sp³-hybridized carbons (Fsp3) is 0. The van der Waals surface area contributed by atoms with Gasteiger partial charge in [-0.25, -0.2) is 0 Å². The van der Waals surface area contributed by atoms with Crippen LogP contribution in [0.5, 0.6) is 0 Å². The lowest BCUT2D eigenvalue weighted by atomic mass is 10.1. The third kappa shape index (κ3) is 2.07. The molecule has 0 saturated heterocycles. The van der Waals surface area contributed by atoms with E-state index >= 15 is 0 Å². The van der Waals surface area contributed by atoms with E-state index in [1.54, 1.807) is 0 Å². The highest BCUT2D eigenvalue weighted by atomic mass is 16.3. The van der Waals surface area contributed by atoms with Crippen LogP contribution >= 0.6 is 0 Å². The fourth-order valence-electron chi connectivity index (χ4n) is 4.12. The molecule has 0 amide bonds. The molecule has 3 heterocycles. The molecule has 28 heavy (non-hydrogen) atoms. The van der Waals surface area contributed by atoms with E-state index in [9.17, 15) is 0 Å². The van der Waals surface area contributed by atoms with Gasteiger partial charge < -0.3 is 8.98 Å². The fourth-order valence-corrected chi connectivity index (χ4v) is 4.12. The van der Waals surface area contributed by atoms with Crippen molar-refractivity contribution in [1.29, 1.82) is 0 Å². The maximum absolute atomic E-state index is 6.12. The van der Waals surface area contributed by atoms with Crippen LogP contribution in [-0.4, -0.2) is 9.55 Å². The van der Waals surface area contributed by atoms with Crippen molar-refractivity contribution >= 4 is 32.8 Å². The van der Waals surface area contributed by atoms with Crippen LogP contribution in [0.15, 0.2) is 102 Å². The number of rotatable bonds is 2. The summed E-state index contributed by atoms with van der Waals surface area (Å²) in [5, 5.41) is 3.41. The van der Waals surface area contributed by atoms with Gasteiger partial charge >= 0.3 is 0 Å². The van der Waals surface area contributed by atoms with Gasteiger partial charge in [-0.1, -0.05) is 42.5 Å². The van der Waals surface area contributed by atoms with Gasteiger partial charge in [-0.3, -0.25) is 4.98 Å². The summed E-state index contributed by atoms with van der Waals surface area (Å²) in [5.74, 6) is 0. The zero-order chi connectivity index (χ0) is 18.5. The van der Waals surface area contributed by atoms with Gasteiger partial charge in [-0.05, 0) is 42.5 Å². The van der Waals surface area contributed by atoms with Crippen molar-refractivity contribution in [3.8, 4) is 16.9 Å². The normalized spacial score (nSPS) is 11.6. The topological polar surface area (TPSA) is 31.0 Å². The van der Waals surface area contributed by atoms with Crippen LogP contribution in [-0.2, 0) is 0 Å². The maximum Gasteiger partial charge on any atom is 0.144 e. The Morgan fingerprint density at radius 1 is 0.679 bits per heavy atom. The Kier molecular flexibility index (Phi) is 3.17. The minimum Gasteiger partial charge on any atom is -0.463 e.